The SMILES string of the molecule is CC(C)(C)c1cc(Oc2cc(C(C)(C)C)c3c4ccccc4n(-c4cc(C(C)(C)C)ccn4)c3c2)cc(N2C=C(C(C)(C)c3ccccc3)N(c3cccc(C(C)(C)C)c3)C2)c1. The number of para-hydroxylation sites is 1. The van der Waals surface area contributed by atoms with Crippen molar-refractivity contribution in [1.29, 1.82) is 0 Å². The number of rotatable bonds is 7. The van der Waals surface area contributed by atoms with Crippen molar-refractivity contribution in [2.75, 3.05) is 16.5 Å². The first-order chi connectivity index (χ1) is 29.0. The maximum absolute atomic E-state index is 7.16. The van der Waals surface area contributed by atoms with Gasteiger partial charge in [0.1, 0.15) is 17.3 Å². The summed E-state index contributed by atoms with van der Waals surface area (Å²) in [5.41, 5.74) is 11.5. The van der Waals surface area contributed by atoms with E-state index >= 15 is 0 Å². The first-order valence-electron chi connectivity index (χ1n) is 22.3. The molecule has 0 fully saturated rings. The fraction of sp³-hybridized carbons (Fsp3) is 0.351. The van der Waals surface area contributed by atoms with Crippen LogP contribution in [0.5, 0.6) is 11.5 Å². The second-order valence-corrected chi connectivity index (χ2v) is 22.0. The van der Waals surface area contributed by atoms with Gasteiger partial charge in [-0.15, -0.1) is 0 Å². The molecule has 8 rings (SSSR count). The molecule has 7 aromatic rings. The van der Waals surface area contributed by atoms with E-state index in [9.17, 15) is 0 Å². The Morgan fingerprint density at radius 2 is 1.11 bits per heavy atom. The standard InChI is InChI=1S/C57H66N4O/c1-53(2,3)39-23-20-24-42(29-39)60-37-59(36-50(60)57(13,14)38-21-16-15-17-22-38)43-30-41(55(7,8)9)31-44(33-43)62-45-34-47(56(10,11)12)52-46-25-18-19-26-48(46)61(49(52)35-45)51-32-40(27-28-58-51)54(4,5)6/h15-36H,37H2,1-14H3. The highest BCUT2D eigenvalue weighted by Gasteiger charge is 2.36. The van der Waals surface area contributed by atoms with Crippen LogP contribution in [0.25, 0.3) is 27.6 Å². The van der Waals surface area contributed by atoms with Gasteiger partial charge >= 0.3 is 0 Å². The number of aromatic nitrogens is 2. The van der Waals surface area contributed by atoms with Gasteiger partial charge in [-0.1, -0.05) is 158 Å². The summed E-state index contributed by atoms with van der Waals surface area (Å²) in [7, 11) is 0. The molecule has 5 aromatic carbocycles. The van der Waals surface area contributed by atoms with Crippen LogP contribution in [0, 0.1) is 0 Å². The highest BCUT2D eigenvalue weighted by Crippen LogP contribution is 2.45. The summed E-state index contributed by atoms with van der Waals surface area (Å²) >= 11 is 0. The molecule has 0 aliphatic carbocycles. The van der Waals surface area contributed by atoms with E-state index in [1.54, 1.807) is 0 Å². The van der Waals surface area contributed by atoms with E-state index in [4.69, 9.17) is 9.72 Å². The summed E-state index contributed by atoms with van der Waals surface area (Å²) in [6.45, 7) is 32.7. The van der Waals surface area contributed by atoms with E-state index in [-0.39, 0.29) is 27.1 Å². The largest absolute Gasteiger partial charge is 0.457 e. The van der Waals surface area contributed by atoms with E-state index in [0.717, 1.165) is 34.0 Å². The Bertz CT molecular complexity index is 2810. The molecule has 0 saturated carbocycles. The number of nitrogens with zero attached hydrogens (tertiary/aromatic N) is 4. The van der Waals surface area contributed by atoms with Gasteiger partial charge in [0.25, 0.3) is 0 Å². The van der Waals surface area contributed by atoms with Crippen LogP contribution in [0.3, 0.4) is 0 Å². The summed E-state index contributed by atoms with van der Waals surface area (Å²) < 4.78 is 9.48. The lowest BCUT2D eigenvalue weighted by Gasteiger charge is -2.34. The third kappa shape index (κ3) is 8.15. The second kappa shape index (κ2) is 15.2. The maximum atomic E-state index is 7.16. The molecule has 320 valence electrons. The van der Waals surface area contributed by atoms with Gasteiger partial charge < -0.3 is 14.5 Å². The van der Waals surface area contributed by atoms with Gasteiger partial charge in [0.15, 0.2) is 0 Å². The van der Waals surface area contributed by atoms with Crippen LogP contribution < -0.4 is 14.5 Å². The summed E-state index contributed by atoms with van der Waals surface area (Å²) in [6.07, 6.45) is 4.31. The molecule has 1 aliphatic rings. The van der Waals surface area contributed by atoms with E-state index < -0.39 is 0 Å². The van der Waals surface area contributed by atoms with Crippen molar-refractivity contribution in [2.24, 2.45) is 0 Å². The molecular weight excluding hydrogens is 757 g/mol. The van der Waals surface area contributed by atoms with Gasteiger partial charge in [0, 0.05) is 57.8 Å². The van der Waals surface area contributed by atoms with Gasteiger partial charge in [-0.3, -0.25) is 4.57 Å². The number of ether oxygens (including phenoxy) is 1. The van der Waals surface area contributed by atoms with Gasteiger partial charge in [-0.05, 0) is 98.0 Å². The molecular formula is C57H66N4O. The van der Waals surface area contributed by atoms with Crippen LogP contribution in [0.4, 0.5) is 11.4 Å². The zero-order chi connectivity index (χ0) is 44.6. The summed E-state index contributed by atoms with van der Waals surface area (Å²) in [4.78, 5) is 9.89. The van der Waals surface area contributed by atoms with Crippen molar-refractivity contribution >= 4 is 33.2 Å². The van der Waals surface area contributed by atoms with Crippen molar-refractivity contribution in [3.63, 3.8) is 0 Å². The first kappa shape index (κ1) is 42.9. The predicted molar refractivity (Wildman–Crippen MR) is 264 cm³/mol. The van der Waals surface area contributed by atoms with Crippen molar-refractivity contribution in [2.45, 2.75) is 124 Å². The summed E-state index contributed by atoms with van der Waals surface area (Å²) in [5, 5.41) is 2.45. The van der Waals surface area contributed by atoms with Gasteiger partial charge in [0.2, 0.25) is 0 Å². The molecule has 0 radical (unpaired) electrons. The van der Waals surface area contributed by atoms with E-state index in [2.05, 4.69) is 239 Å². The Labute approximate surface area is 371 Å². The molecule has 0 unspecified atom stereocenters. The first-order valence-corrected chi connectivity index (χ1v) is 22.3. The number of allylic oxidation sites excluding steroid dienone is 1. The Hall–Kier alpha value is -5.81. The number of anilines is 2. The van der Waals surface area contributed by atoms with Crippen LogP contribution >= 0.6 is 0 Å². The third-order valence-corrected chi connectivity index (χ3v) is 12.7. The van der Waals surface area contributed by atoms with Gasteiger partial charge in [-0.25, -0.2) is 4.98 Å². The van der Waals surface area contributed by atoms with Crippen molar-refractivity contribution < 1.29 is 4.74 Å². The normalized spacial score (nSPS) is 14.3. The molecule has 0 amide bonds. The zero-order valence-electron chi connectivity index (χ0n) is 39.6. The smallest absolute Gasteiger partial charge is 0.137 e. The van der Waals surface area contributed by atoms with E-state index in [1.807, 2.05) is 6.20 Å². The Kier molecular flexibility index (Phi) is 10.5. The van der Waals surface area contributed by atoms with Crippen LogP contribution in [0.1, 0.15) is 125 Å². The molecule has 0 atom stereocenters. The zero-order valence-corrected chi connectivity index (χ0v) is 39.6. The van der Waals surface area contributed by atoms with Crippen LogP contribution in [-0.2, 0) is 27.1 Å². The Balaban J connectivity index is 1.28. The third-order valence-electron chi connectivity index (χ3n) is 12.7. The minimum absolute atomic E-state index is 0.0207. The van der Waals surface area contributed by atoms with E-state index in [1.165, 1.54) is 50.0 Å². The van der Waals surface area contributed by atoms with Crippen molar-refractivity contribution in [1.82, 2.24) is 9.55 Å². The fourth-order valence-corrected chi connectivity index (χ4v) is 8.86. The maximum Gasteiger partial charge on any atom is 0.137 e. The van der Waals surface area contributed by atoms with Crippen molar-refractivity contribution in [3.8, 4) is 17.3 Å². The number of hydrogen-bond donors (Lipinski definition) is 0. The molecule has 1 aliphatic heterocycles. The Morgan fingerprint density at radius 3 is 1.79 bits per heavy atom. The molecule has 0 spiro atoms. The Morgan fingerprint density at radius 1 is 0.500 bits per heavy atom. The molecule has 3 heterocycles. The van der Waals surface area contributed by atoms with Gasteiger partial charge in [0.05, 0.1) is 17.7 Å². The molecule has 5 nitrogen and oxygen atoms in total. The van der Waals surface area contributed by atoms with Crippen molar-refractivity contribution in [3.05, 3.63) is 167 Å². The van der Waals surface area contributed by atoms with E-state index in [0.29, 0.717) is 6.67 Å². The minimum atomic E-state index is -0.271. The van der Waals surface area contributed by atoms with Crippen LogP contribution in [-0.4, -0.2) is 16.2 Å². The highest BCUT2D eigenvalue weighted by atomic mass is 16.5. The fourth-order valence-electron chi connectivity index (χ4n) is 8.86. The molecule has 0 N–H and O–H groups in total. The lowest BCUT2D eigenvalue weighted by atomic mass is 9.81. The molecule has 62 heavy (non-hydrogen) atoms. The lowest BCUT2D eigenvalue weighted by molar-refractivity contribution is 0.476. The number of pyridine rings is 1. The monoisotopic (exact) mass is 823 g/mol. The molecule has 0 bridgehead atoms. The minimum Gasteiger partial charge on any atom is -0.457 e. The molecule has 5 heteroatoms. The quantitative estimate of drug-likeness (QED) is 0.160. The topological polar surface area (TPSA) is 33.5 Å². The van der Waals surface area contributed by atoms with Gasteiger partial charge in [-0.2, -0.15) is 0 Å². The average Bonchev–Trinajstić information content (AvgIpc) is 3.81. The number of benzene rings is 5. The number of hydrogen-bond acceptors (Lipinski definition) is 4. The predicted octanol–water partition coefficient (Wildman–Crippen LogP) is 15.3. The summed E-state index contributed by atoms with van der Waals surface area (Å²) in [5.74, 6) is 2.52. The summed E-state index contributed by atoms with van der Waals surface area (Å²) in [6, 6.07) is 44.4. The second-order valence-electron chi connectivity index (χ2n) is 22.0. The molecule has 0 saturated heterocycles. The lowest BCUT2D eigenvalue weighted by Crippen LogP contribution is -2.34. The van der Waals surface area contributed by atoms with Crippen LogP contribution in [0.2, 0.25) is 0 Å². The highest BCUT2D eigenvalue weighted by molar-refractivity contribution is 6.11. The average molecular weight is 823 g/mol. The molecule has 2 aromatic heterocycles. The number of fused-ring (bicyclic) bond motifs is 3. The van der Waals surface area contributed by atoms with Crippen LogP contribution in [0.15, 0.2) is 139 Å².